The quantitative estimate of drug-likeness (QED) is 0.811. The minimum absolute atomic E-state index is 0.202. The highest BCUT2D eigenvalue weighted by atomic mass is 16.5. The van der Waals surface area contributed by atoms with Gasteiger partial charge in [0, 0.05) is 5.69 Å². The van der Waals surface area contributed by atoms with E-state index in [1.54, 1.807) is 18.2 Å². The average Bonchev–Trinajstić information content (AvgIpc) is 2.55. The van der Waals surface area contributed by atoms with Gasteiger partial charge in [-0.2, -0.15) is 0 Å². The SMILES string of the molecule is COc1ccc(C)cc1NC(=O)COCC(=O)Nc1cccc(C)c1. The van der Waals surface area contributed by atoms with Crippen LogP contribution in [-0.4, -0.2) is 32.1 Å². The van der Waals surface area contributed by atoms with Crippen molar-refractivity contribution in [2.75, 3.05) is 31.0 Å². The summed E-state index contributed by atoms with van der Waals surface area (Å²) in [6, 6.07) is 12.9. The Morgan fingerprint density at radius 2 is 1.60 bits per heavy atom. The first-order valence-corrected chi connectivity index (χ1v) is 7.86. The Bertz CT molecular complexity index is 759. The van der Waals surface area contributed by atoms with E-state index in [4.69, 9.17) is 9.47 Å². The van der Waals surface area contributed by atoms with Crippen molar-refractivity contribution in [3.63, 3.8) is 0 Å². The molecule has 6 heteroatoms. The Morgan fingerprint density at radius 1 is 0.920 bits per heavy atom. The van der Waals surface area contributed by atoms with Crippen molar-refractivity contribution in [1.29, 1.82) is 0 Å². The molecule has 0 spiro atoms. The van der Waals surface area contributed by atoms with Gasteiger partial charge < -0.3 is 20.1 Å². The third-order valence-corrected chi connectivity index (χ3v) is 3.40. The smallest absolute Gasteiger partial charge is 0.250 e. The first-order chi connectivity index (χ1) is 12.0. The summed E-state index contributed by atoms with van der Waals surface area (Å²) < 4.78 is 10.4. The van der Waals surface area contributed by atoms with Crippen LogP contribution in [0.25, 0.3) is 0 Å². The number of ether oxygens (including phenoxy) is 2. The van der Waals surface area contributed by atoms with Crippen LogP contribution in [-0.2, 0) is 14.3 Å². The van der Waals surface area contributed by atoms with Gasteiger partial charge in [-0.05, 0) is 49.2 Å². The molecule has 0 bridgehead atoms. The standard InChI is InChI=1S/C19H22N2O4/c1-13-5-4-6-15(9-13)20-18(22)11-25-12-19(23)21-16-10-14(2)7-8-17(16)24-3/h4-10H,11-12H2,1-3H3,(H,20,22)(H,21,23). The largest absolute Gasteiger partial charge is 0.495 e. The lowest BCUT2D eigenvalue weighted by atomic mass is 10.2. The summed E-state index contributed by atoms with van der Waals surface area (Å²) in [5, 5.41) is 5.43. The van der Waals surface area contributed by atoms with Crippen molar-refractivity contribution in [2.24, 2.45) is 0 Å². The van der Waals surface area contributed by atoms with Gasteiger partial charge in [-0.15, -0.1) is 0 Å². The predicted octanol–water partition coefficient (Wildman–Crippen LogP) is 2.91. The van der Waals surface area contributed by atoms with E-state index >= 15 is 0 Å². The molecular weight excluding hydrogens is 320 g/mol. The number of nitrogens with one attached hydrogen (secondary N) is 2. The van der Waals surface area contributed by atoms with E-state index in [1.165, 1.54) is 7.11 Å². The second kappa shape index (κ2) is 8.84. The Labute approximate surface area is 147 Å². The van der Waals surface area contributed by atoms with Crippen LogP contribution in [0.5, 0.6) is 5.75 Å². The van der Waals surface area contributed by atoms with Crippen molar-refractivity contribution >= 4 is 23.2 Å². The summed E-state index contributed by atoms with van der Waals surface area (Å²) in [6.45, 7) is 3.43. The fourth-order valence-electron chi connectivity index (χ4n) is 2.26. The van der Waals surface area contributed by atoms with Gasteiger partial charge >= 0.3 is 0 Å². The van der Waals surface area contributed by atoms with Gasteiger partial charge in [-0.3, -0.25) is 9.59 Å². The average molecular weight is 342 g/mol. The number of rotatable bonds is 7. The summed E-state index contributed by atoms with van der Waals surface area (Å²) >= 11 is 0. The maximum absolute atomic E-state index is 12.0. The molecule has 6 nitrogen and oxygen atoms in total. The molecule has 0 unspecified atom stereocenters. The number of carbonyl (C=O) groups is 2. The van der Waals surface area contributed by atoms with Crippen LogP contribution in [0.3, 0.4) is 0 Å². The van der Waals surface area contributed by atoms with E-state index in [9.17, 15) is 9.59 Å². The summed E-state index contributed by atoms with van der Waals surface area (Å²) in [5.74, 6) is -0.102. The molecule has 0 fully saturated rings. The molecule has 0 radical (unpaired) electrons. The molecule has 2 amide bonds. The molecule has 0 saturated carbocycles. The predicted molar refractivity (Wildman–Crippen MR) is 97.0 cm³/mol. The zero-order valence-electron chi connectivity index (χ0n) is 14.6. The van der Waals surface area contributed by atoms with Gasteiger partial charge in [0.2, 0.25) is 11.8 Å². The van der Waals surface area contributed by atoms with Crippen LogP contribution < -0.4 is 15.4 Å². The van der Waals surface area contributed by atoms with Crippen molar-refractivity contribution in [3.8, 4) is 5.75 Å². The lowest BCUT2D eigenvalue weighted by molar-refractivity contribution is -0.125. The maximum Gasteiger partial charge on any atom is 0.250 e. The van der Waals surface area contributed by atoms with Crippen LogP contribution in [0.4, 0.5) is 11.4 Å². The molecule has 0 aliphatic carbocycles. The van der Waals surface area contributed by atoms with Crippen molar-refractivity contribution in [2.45, 2.75) is 13.8 Å². The highest BCUT2D eigenvalue weighted by Crippen LogP contribution is 2.24. The van der Waals surface area contributed by atoms with E-state index in [0.717, 1.165) is 11.1 Å². The molecule has 2 aromatic carbocycles. The van der Waals surface area contributed by atoms with E-state index in [-0.39, 0.29) is 25.0 Å². The van der Waals surface area contributed by atoms with Crippen molar-refractivity contribution in [3.05, 3.63) is 53.6 Å². The van der Waals surface area contributed by atoms with E-state index in [0.29, 0.717) is 17.1 Å². The third-order valence-electron chi connectivity index (χ3n) is 3.40. The zero-order valence-corrected chi connectivity index (χ0v) is 14.6. The van der Waals surface area contributed by atoms with Gasteiger partial charge in [-0.1, -0.05) is 18.2 Å². The second-order valence-corrected chi connectivity index (χ2v) is 5.66. The maximum atomic E-state index is 12.0. The van der Waals surface area contributed by atoms with Crippen molar-refractivity contribution in [1.82, 2.24) is 0 Å². The summed E-state index contributed by atoms with van der Waals surface area (Å²) in [6.07, 6.45) is 0. The Hall–Kier alpha value is -2.86. The van der Waals surface area contributed by atoms with Crippen LogP contribution in [0.15, 0.2) is 42.5 Å². The Kier molecular flexibility index (Phi) is 6.54. The number of carbonyl (C=O) groups excluding carboxylic acids is 2. The molecule has 0 aliphatic rings. The molecule has 0 aromatic heterocycles. The number of aryl methyl sites for hydroxylation is 2. The molecule has 2 N–H and O–H groups in total. The third kappa shape index (κ3) is 5.93. The topological polar surface area (TPSA) is 76.7 Å². The van der Waals surface area contributed by atoms with E-state index < -0.39 is 0 Å². The van der Waals surface area contributed by atoms with Gasteiger partial charge in [0.25, 0.3) is 0 Å². The number of amides is 2. The highest BCUT2D eigenvalue weighted by molar-refractivity contribution is 5.94. The van der Waals surface area contributed by atoms with Gasteiger partial charge in [0.05, 0.1) is 12.8 Å². The lowest BCUT2D eigenvalue weighted by Crippen LogP contribution is -2.24. The molecule has 0 aliphatic heterocycles. The summed E-state index contributed by atoms with van der Waals surface area (Å²) in [7, 11) is 1.53. The first kappa shape index (κ1) is 18.5. The number of hydrogen-bond donors (Lipinski definition) is 2. The van der Waals surface area contributed by atoms with Gasteiger partial charge in [-0.25, -0.2) is 0 Å². The molecule has 2 aromatic rings. The Balaban J connectivity index is 1.78. The first-order valence-electron chi connectivity index (χ1n) is 7.86. The van der Waals surface area contributed by atoms with Crippen molar-refractivity contribution < 1.29 is 19.1 Å². The molecule has 132 valence electrons. The van der Waals surface area contributed by atoms with Crippen LogP contribution in [0.1, 0.15) is 11.1 Å². The molecule has 0 atom stereocenters. The number of anilines is 2. The second-order valence-electron chi connectivity index (χ2n) is 5.66. The molecule has 0 saturated heterocycles. The highest BCUT2D eigenvalue weighted by Gasteiger charge is 2.09. The fourth-order valence-corrected chi connectivity index (χ4v) is 2.26. The zero-order chi connectivity index (χ0) is 18.2. The van der Waals surface area contributed by atoms with Gasteiger partial charge in [0.15, 0.2) is 0 Å². The minimum atomic E-state index is -0.354. The number of hydrogen-bond acceptors (Lipinski definition) is 4. The van der Waals surface area contributed by atoms with Crippen LogP contribution in [0.2, 0.25) is 0 Å². The Morgan fingerprint density at radius 3 is 2.28 bits per heavy atom. The molecular formula is C19H22N2O4. The summed E-state index contributed by atoms with van der Waals surface area (Å²) in [4.78, 5) is 23.8. The van der Waals surface area contributed by atoms with E-state index in [2.05, 4.69) is 10.6 Å². The number of methoxy groups -OCH3 is 1. The summed E-state index contributed by atoms with van der Waals surface area (Å²) in [5.41, 5.74) is 3.31. The minimum Gasteiger partial charge on any atom is -0.495 e. The van der Waals surface area contributed by atoms with E-state index in [1.807, 2.05) is 38.1 Å². The monoisotopic (exact) mass is 342 g/mol. The van der Waals surface area contributed by atoms with Crippen LogP contribution >= 0.6 is 0 Å². The normalized spacial score (nSPS) is 10.2. The number of benzene rings is 2. The molecule has 2 rings (SSSR count). The van der Waals surface area contributed by atoms with Gasteiger partial charge in [0.1, 0.15) is 19.0 Å². The molecule has 0 heterocycles. The molecule has 25 heavy (non-hydrogen) atoms. The van der Waals surface area contributed by atoms with Crippen LogP contribution in [0, 0.1) is 13.8 Å². The fraction of sp³-hybridized carbons (Fsp3) is 0.263. The lowest BCUT2D eigenvalue weighted by Gasteiger charge is -2.11.